The Morgan fingerprint density at radius 3 is 2.31 bits per heavy atom. The predicted molar refractivity (Wildman–Crippen MR) is 146 cm³/mol. The van der Waals surface area contributed by atoms with Crippen molar-refractivity contribution in [3.05, 3.63) is 99.7 Å². The van der Waals surface area contributed by atoms with Gasteiger partial charge < -0.3 is 19.8 Å². The van der Waals surface area contributed by atoms with Crippen molar-refractivity contribution in [1.29, 1.82) is 0 Å². The fraction of sp³-hybridized carbons (Fsp3) is 0.200. The summed E-state index contributed by atoms with van der Waals surface area (Å²) in [6, 6.07) is 16.0. The second-order valence-corrected chi connectivity index (χ2v) is 9.23. The average Bonchev–Trinajstić information content (AvgIpc) is 3.46. The number of furan rings is 1. The maximum Gasteiger partial charge on any atom is 0.340 e. The molecular formula is C30H29N3O6. The molecule has 1 aliphatic rings. The molecule has 0 spiro atoms. The zero-order chi connectivity index (χ0) is 28.3. The molecule has 0 fully saturated rings. The van der Waals surface area contributed by atoms with Gasteiger partial charge in [0.25, 0.3) is 5.91 Å². The standard InChI is InChI=1S/C30H29N3O6/c1-17-6-10-22(11-7-17)33-20(4)26(30(37)38-5)25(29(33)36)15-23-12-13-24(39-23)16-31-27(34)28(35)32-21-9-8-18(2)19(3)14-21/h6-15H,16H2,1-5H3,(H,31,34)(H,32,35)/b25-15+. The van der Waals surface area contributed by atoms with Crippen LogP contribution in [0.1, 0.15) is 35.1 Å². The lowest BCUT2D eigenvalue weighted by Gasteiger charge is -2.18. The summed E-state index contributed by atoms with van der Waals surface area (Å²) in [6.45, 7) is 7.44. The van der Waals surface area contributed by atoms with Gasteiger partial charge in [-0.2, -0.15) is 0 Å². The van der Waals surface area contributed by atoms with Gasteiger partial charge in [-0.3, -0.25) is 19.3 Å². The van der Waals surface area contributed by atoms with Gasteiger partial charge in [0.15, 0.2) is 0 Å². The van der Waals surface area contributed by atoms with Crippen LogP contribution in [0.2, 0.25) is 0 Å². The van der Waals surface area contributed by atoms with Crippen LogP contribution in [0.25, 0.3) is 6.08 Å². The van der Waals surface area contributed by atoms with Crippen molar-refractivity contribution in [1.82, 2.24) is 5.32 Å². The maximum atomic E-state index is 13.4. The quantitative estimate of drug-likeness (QED) is 0.280. The Balaban J connectivity index is 1.48. The molecule has 0 atom stereocenters. The number of benzene rings is 2. The second kappa shape index (κ2) is 11.2. The highest BCUT2D eigenvalue weighted by molar-refractivity contribution is 6.39. The fourth-order valence-corrected chi connectivity index (χ4v) is 4.15. The number of amides is 3. The molecule has 3 amide bonds. The van der Waals surface area contributed by atoms with E-state index in [0.717, 1.165) is 16.7 Å². The average molecular weight is 528 g/mol. The van der Waals surface area contributed by atoms with Crippen LogP contribution in [0.15, 0.2) is 75.9 Å². The molecule has 9 nitrogen and oxygen atoms in total. The topological polar surface area (TPSA) is 118 Å². The summed E-state index contributed by atoms with van der Waals surface area (Å²) in [6.07, 6.45) is 1.46. The minimum atomic E-state index is -0.823. The number of esters is 1. The number of hydrogen-bond donors (Lipinski definition) is 2. The van der Waals surface area contributed by atoms with Crippen molar-refractivity contribution in [2.45, 2.75) is 34.2 Å². The molecule has 0 aliphatic carbocycles. The lowest BCUT2D eigenvalue weighted by Crippen LogP contribution is -2.34. The molecular weight excluding hydrogens is 498 g/mol. The monoisotopic (exact) mass is 527 g/mol. The van der Waals surface area contributed by atoms with Gasteiger partial charge in [0.1, 0.15) is 11.5 Å². The minimum Gasteiger partial charge on any atom is -0.465 e. The largest absolute Gasteiger partial charge is 0.465 e. The molecule has 200 valence electrons. The maximum absolute atomic E-state index is 13.4. The third-order valence-electron chi connectivity index (χ3n) is 6.44. The normalized spacial score (nSPS) is 14.1. The molecule has 39 heavy (non-hydrogen) atoms. The molecule has 9 heteroatoms. The molecule has 2 heterocycles. The summed E-state index contributed by atoms with van der Waals surface area (Å²) in [5.41, 5.74) is 4.95. The van der Waals surface area contributed by atoms with Crippen LogP contribution in [-0.4, -0.2) is 30.8 Å². The van der Waals surface area contributed by atoms with Crippen molar-refractivity contribution in [2.75, 3.05) is 17.3 Å². The Kier molecular flexibility index (Phi) is 7.80. The number of ether oxygens (including phenoxy) is 1. The van der Waals surface area contributed by atoms with E-state index in [-0.39, 0.29) is 17.7 Å². The first-order chi connectivity index (χ1) is 18.6. The number of allylic oxidation sites excluding steroid dienone is 1. The lowest BCUT2D eigenvalue weighted by atomic mass is 10.1. The van der Waals surface area contributed by atoms with Gasteiger partial charge in [0.05, 0.1) is 24.8 Å². The summed E-state index contributed by atoms with van der Waals surface area (Å²) in [4.78, 5) is 52.0. The molecule has 0 unspecified atom stereocenters. The van der Waals surface area contributed by atoms with Gasteiger partial charge in [-0.1, -0.05) is 23.8 Å². The van der Waals surface area contributed by atoms with Crippen LogP contribution in [0.3, 0.4) is 0 Å². The van der Waals surface area contributed by atoms with Crippen LogP contribution in [-0.2, 0) is 30.5 Å². The fourth-order valence-electron chi connectivity index (χ4n) is 4.15. The van der Waals surface area contributed by atoms with Crippen LogP contribution in [0.5, 0.6) is 0 Å². The van der Waals surface area contributed by atoms with Gasteiger partial charge in [-0.05, 0) is 81.3 Å². The number of rotatable bonds is 6. The second-order valence-electron chi connectivity index (χ2n) is 9.23. The van der Waals surface area contributed by atoms with Crippen LogP contribution < -0.4 is 15.5 Å². The zero-order valence-electron chi connectivity index (χ0n) is 22.4. The highest BCUT2D eigenvalue weighted by Gasteiger charge is 2.38. The molecule has 3 aromatic rings. The third kappa shape index (κ3) is 5.82. The molecule has 4 rings (SSSR count). The minimum absolute atomic E-state index is 0.0511. The van der Waals surface area contributed by atoms with Crippen molar-refractivity contribution < 1.29 is 28.3 Å². The van der Waals surface area contributed by atoms with E-state index in [9.17, 15) is 19.2 Å². The number of aryl methyl sites for hydroxylation is 3. The van der Waals surface area contributed by atoms with E-state index in [0.29, 0.717) is 28.6 Å². The summed E-state index contributed by atoms with van der Waals surface area (Å²) in [5.74, 6) is -2.02. The molecule has 1 aliphatic heterocycles. The Labute approximate surface area is 226 Å². The van der Waals surface area contributed by atoms with Gasteiger partial charge in [-0.15, -0.1) is 0 Å². The van der Waals surface area contributed by atoms with Crippen LogP contribution in [0, 0.1) is 20.8 Å². The van der Waals surface area contributed by atoms with E-state index >= 15 is 0 Å². The van der Waals surface area contributed by atoms with Crippen LogP contribution >= 0.6 is 0 Å². The Morgan fingerprint density at radius 2 is 1.64 bits per heavy atom. The lowest BCUT2D eigenvalue weighted by molar-refractivity contribution is -0.136. The number of nitrogens with one attached hydrogen (secondary N) is 2. The summed E-state index contributed by atoms with van der Waals surface area (Å²) in [5, 5.41) is 5.08. The molecule has 0 saturated carbocycles. The number of carbonyl (C=O) groups excluding carboxylic acids is 4. The number of carbonyl (C=O) groups is 4. The highest BCUT2D eigenvalue weighted by Crippen LogP contribution is 2.35. The summed E-state index contributed by atoms with van der Waals surface area (Å²) in [7, 11) is 1.25. The smallest absolute Gasteiger partial charge is 0.340 e. The Bertz CT molecular complexity index is 1530. The van der Waals surface area contributed by atoms with Crippen molar-refractivity contribution >= 4 is 41.1 Å². The van der Waals surface area contributed by atoms with Gasteiger partial charge in [0, 0.05) is 17.1 Å². The summed E-state index contributed by atoms with van der Waals surface area (Å²) < 4.78 is 10.7. The van der Waals surface area contributed by atoms with E-state index in [2.05, 4.69) is 10.6 Å². The first-order valence-corrected chi connectivity index (χ1v) is 12.3. The predicted octanol–water partition coefficient (Wildman–Crippen LogP) is 4.34. The molecule has 0 bridgehead atoms. The molecule has 0 radical (unpaired) electrons. The van der Waals surface area contributed by atoms with E-state index in [1.54, 1.807) is 43.3 Å². The number of nitrogens with zero attached hydrogens (tertiary/aromatic N) is 1. The number of anilines is 2. The van der Waals surface area contributed by atoms with E-state index in [4.69, 9.17) is 9.15 Å². The molecule has 2 aromatic carbocycles. The van der Waals surface area contributed by atoms with Crippen LogP contribution in [0.4, 0.5) is 11.4 Å². The zero-order valence-corrected chi connectivity index (χ0v) is 22.4. The van der Waals surface area contributed by atoms with E-state index < -0.39 is 23.7 Å². The highest BCUT2D eigenvalue weighted by atomic mass is 16.5. The van der Waals surface area contributed by atoms with Crippen molar-refractivity contribution in [3.8, 4) is 0 Å². The van der Waals surface area contributed by atoms with Crippen molar-refractivity contribution in [3.63, 3.8) is 0 Å². The van der Waals surface area contributed by atoms with Gasteiger partial charge in [0.2, 0.25) is 0 Å². The number of methoxy groups -OCH3 is 1. The molecule has 0 saturated heterocycles. The Morgan fingerprint density at radius 1 is 0.923 bits per heavy atom. The molecule has 1 aromatic heterocycles. The number of hydrogen-bond acceptors (Lipinski definition) is 6. The van der Waals surface area contributed by atoms with Gasteiger partial charge >= 0.3 is 17.8 Å². The van der Waals surface area contributed by atoms with Crippen molar-refractivity contribution in [2.24, 2.45) is 0 Å². The van der Waals surface area contributed by atoms with E-state index in [1.165, 1.54) is 18.1 Å². The third-order valence-corrected chi connectivity index (χ3v) is 6.44. The Hall–Kier alpha value is -4.92. The summed E-state index contributed by atoms with van der Waals surface area (Å²) >= 11 is 0. The molecule has 2 N–H and O–H groups in total. The van der Waals surface area contributed by atoms with Gasteiger partial charge in [-0.25, -0.2) is 4.79 Å². The van der Waals surface area contributed by atoms with E-state index in [1.807, 2.05) is 39.0 Å². The first-order valence-electron chi connectivity index (χ1n) is 12.3. The SMILES string of the molecule is COC(=O)C1=C(C)N(c2ccc(C)cc2)C(=O)/C1=C/c1ccc(CNC(=O)C(=O)Nc2ccc(C)c(C)c2)o1. The first kappa shape index (κ1) is 27.1.